The Kier molecular flexibility index (Phi) is 4.58. The lowest BCUT2D eigenvalue weighted by Crippen LogP contribution is -2.15. The van der Waals surface area contributed by atoms with Crippen LogP contribution in [0.1, 0.15) is 19.4 Å². The van der Waals surface area contributed by atoms with Gasteiger partial charge >= 0.3 is 0 Å². The summed E-state index contributed by atoms with van der Waals surface area (Å²) in [7, 11) is 1.57. The summed E-state index contributed by atoms with van der Waals surface area (Å²) < 4.78 is 0. The topological polar surface area (TPSA) is 45.6 Å². The maximum Gasteiger partial charge on any atom is 0.144 e. The van der Waals surface area contributed by atoms with Gasteiger partial charge < -0.3 is 5.11 Å². The van der Waals surface area contributed by atoms with Gasteiger partial charge in [-0.05, 0) is 36.1 Å². The first-order chi connectivity index (χ1) is 9.63. The van der Waals surface area contributed by atoms with Crippen molar-refractivity contribution in [3.63, 3.8) is 0 Å². The highest BCUT2D eigenvalue weighted by atomic mass is 16.7. The van der Waals surface area contributed by atoms with Crippen LogP contribution in [0.15, 0.2) is 42.7 Å². The average molecular weight is 272 g/mol. The normalized spacial score (nSPS) is 10.8. The van der Waals surface area contributed by atoms with E-state index in [-0.39, 0.29) is 5.75 Å². The van der Waals surface area contributed by atoms with Gasteiger partial charge in [0.25, 0.3) is 0 Å². The number of nitrogens with zero attached hydrogens (tertiary/aromatic N) is 2. The summed E-state index contributed by atoms with van der Waals surface area (Å²) in [6, 6.07) is 9.40. The monoisotopic (exact) mass is 272 g/mol. The zero-order valence-corrected chi connectivity index (χ0v) is 12.1. The first-order valence-corrected chi connectivity index (χ1v) is 6.68. The Morgan fingerprint density at radius 2 is 2.05 bits per heavy atom. The zero-order valence-electron chi connectivity index (χ0n) is 12.1. The van der Waals surface area contributed by atoms with E-state index in [1.54, 1.807) is 24.6 Å². The van der Waals surface area contributed by atoms with Crippen molar-refractivity contribution in [3.05, 3.63) is 48.3 Å². The van der Waals surface area contributed by atoms with E-state index in [0.717, 1.165) is 17.7 Å². The van der Waals surface area contributed by atoms with E-state index >= 15 is 0 Å². The Morgan fingerprint density at radius 1 is 1.25 bits per heavy atom. The molecular formula is C16H20N2O2. The fourth-order valence-corrected chi connectivity index (χ4v) is 2.16. The van der Waals surface area contributed by atoms with Crippen LogP contribution in [0.3, 0.4) is 0 Å². The summed E-state index contributed by atoms with van der Waals surface area (Å²) in [5, 5.41) is 12.0. The molecule has 0 aliphatic rings. The first-order valence-electron chi connectivity index (χ1n) is 6.68. The van der Waals surface area contributed by atoms with Gasteiger partial charge in [-0.2, -0.15) is 0 Å². The summed E-state index contributed by atoms with van der Waals surface area (Å²) in [5.41, 5.74) is 2.31. The van der Waals surface area contributed by atoms with Crippen molar-refractivity contribution in [2.75, 3.05) is 12.2 Å². The molecule has 0 bridgehead atoms. The molecule has 1 heterocycles. The molecule has 2 rings (SSSR count). The number of hydrogen-bond donors (Lipinski definition) is 1. The highest BCUT2D eigenvalue weighted by Crippen LogP contribution is 2.36. The molecule has 1 N–H and O–H groups in total. The molecule has 106 valence electrons. The second-order valence-electron chi connectivity index (χ2n) is 5.07. The highest BCUT2D eigenvalue weighted by molar-refractivity contribution is 5.67. The molecule has 0 aliphatic carbocycles. The Hall–Kier alpha value is -2.07. The van der Waals surface area contributed by atoms with Crippen molar-refractivity contribution >= 4 is 11.4 Å². The van der Waals surface area contributed by atoms with Gasteiger partial charge in [-0.3, -0.25) is 9.82 Å². The van der Waals surface area contributed by atoms with Gasteiger partial charge in [0.1, 0.15) is 11.4 Å². The minimum Gasteiger partial charge on any atom is -0.505 e. The predicted octanol–water partition coefficient (Wildman–Crippen LogP) is 3.69. The molecule has 0 saturated heterocycles. The van der Waals surface area contributed by atoms with Gasteiger partial charge in [-0.1, -0.05) is 26.0 Å². The molecular weight excluding hydrogens is 252 g/mol. The van der Waals surface area contributed by atoms with Crippen LogP contribution in [-0.2, 0) is 11.3 Å². The number of phenols is 1. The van der Waals surface area contributed by atoms with Gasteiger partial charge in [-0.15, -0.1) is 0 Å². The van der Waals surface area contributed by atoms with Crippen LogP contribution in [-0.4, -0.2) is 17.2 Å². The second-order valence-corrected chi connectivity index (χ2v) is 5.07. The Morgan fingerprint density at radius 3 is 2.65 bits per heavy atom. The van der Waals surface area contributed by atoms with Crippen LogP contribution < -0.4 is 5.06 Å². The van der Waals surface area contributed by atoms with Gasteiger partial charge in [0.2, 0.25) is 0 Å². The van der Waals surface area contributed by atoms with Crippen LogP contribution in [0.25, 0.3) is 0 Å². The van der Waals surface area contributed by atoms with Crippen LogP contribution in [0.2, 0.25) is 0 Å². The maximum atomic E-state index is 10.5. The summed E-state index contributed by atoms with van der Waals surface area (Å²) in [6.45, 7) is 4.25. The smallest absolute Gasteiger partial charge is 0.144 e. The first kappa shape index (κ1) is 14.3. The number of aromatic hydroxyl groups is 1. The molecule has 1 aromatic heterocycles. The number of pyridine rings is 1. The molecule has 4 heteroatoms. The zero-order chi connectivity index (χ0) is 14.5. The largest absolute Gasteiger partial charge is 0.505 e. The lowest BCUT2D eigenvalue weighted by atomic mass is 10.0. The van der Waals surface area contributed by atoms with E-state index in [2.05, 4.69) is 18.8 Å². The lowest BCUT2D eigenvalue weighted by Gasteiger charge is -2.23. The molecule has 20 heavy (non-hydrogen) atoms. The van der Waals surface area contributed by atoms with Gasteiger partial charge in [0.05, 0.1) is 19.0 Å². The van der Waals surface area contributed by atoms with E-state index < -0.39 is 0 Å². The predicted molar refractivity (Wildman–Crippen MR) is 80.0 cm³/mol. The number of para-hydroxylation sites is 1. The molecule has 2 aromatic rings. The number of anilines is 2. The van der Waals surface area contributed by atoms with Crippen molar-refractivity contribution in [1.29, 1.82) is 0 Å². The number of rotatable bonds is 5. The number of aromatic nitrogens is 1. The number of hydrogen-bond acceptors (Lipinski definition) is 4. The summed E-state index contributed by atoms with van der Waals surface area (Å²) >= 11 is 0. The van der Waals surface area contributed by atoms with Crippen molar-refractivity contribution in [3.8, 4) is 5.75 Å². The molecule has 0 radical (unpaired) electrons. The molecule has 0 atom stereocenters. The fraction of sp³-hybridized carbons (Fsp3) is 0.312. The Bertz CT molecular complexity index is 556. The van der Waals surface area contributed by atoms with Crippen LogP contribution in [0.4, 0.5) is 11.4 Å². The van der Waals surface area contributed by atoms with Crippen LogP contribution in [0.5, 0.6) is 5.75 Å². The van der Waals surface area contributed by atoms with Crippen molar-refractivity contribution in [1.82, 2.24) is 4.98 Å². The van der Waals surface area contributed by atoms with E-state index in [0.29, 0.717) is 11.6 Å². The summed E-state index contributed by atoms with van der Waals surface area (Å²) in [4.78, 5) is 9.47. The molecule has 0 saturated carbocycles. The summed E-state index contributed by atoms with van der Waals surface area (Å²) in [6.07, 6.45) is 4.22. The molecule has 1 aromatic carbocycles. The van der Waals surface area contributed by atoms with E-state index in [1.807, 2.05) is 30.3 Å². The number of benzene rings is 1. The van der Waals surface area contributed by atoms with E-state index in [9.17, 15) is 5.11 Å². The minimum absolute atomic E-state index is 0.256. The average Bonchev–Trinajstić information content (AvgIpc) is 2.44. The van der Waals surface area contributed by atoms with Gasteiger partial charge in [-0.25, -0.2) is 5.06 Å². The van der Waals surface area contributed by atoms with E-state index in [1.165, 1.54) is 0 Å². The minimum atomic E-state index is 0.256. The van der Waals surface area contributed by atoms with Crippen LogP contribution in [0, 0.1) is 5.92 Å². The lowest BCUT2D eigenvalue weighted by molar-refractivity contribution is 0.199. The van der Waals surface area contributed by atoms with Gasteiger partial charge in [0.15, 0.2) is 0 Å². The molecule has 0 unspecified atom stereocenters. The van der Waals surface area contributed by atoms with E-state index in [4.69, 9.17) is 4.84 Å². The molecule has 0 spiro atoms. The molecule has 4 nitrogen and oxygen atoms in total. The SMILES string of the molecule is CON(c1cccnc1)c1cccc(CC(C)C)c1O. The standard InChI is InChI=1S/C16H20N2O2/c1-12(2)10-13-6-4-8-15(16(13)19)18(20-3)14-7-5-9-17-11-14/h4-9,11-12,19H,10H2,1-3H3. The summed E-state index contributed by atoms with van der Waals surface area (Å²) in [5.74, 6) is 0.734. The highest BCUT2D eigenvalue weighted by Gasteiger charge is 2.16. The third kappa shape index (κ3) is 3.08. The van der Waals surface area contributed by atoms with Gasteiger partial charge in [0, 0.05) is 6.20 Å². The Labute approximate surface area is 119 Å². The quantitative estimate of drug-likeness (QED) is 0.843. The third-order valence-corrected chi connectivity index (χ3v) is 3.01. The third-order valence-electron chi connectivity index (χ3n) is 3.01. The molecule has 0 aliphatic heterocycles. The molecule has 0 amide bonds. The van der Waals surface area contributed by atoms with Crippen molar-refractivity contribution < 1.29 is 9.94 Å². The maximum absolute atomic E-state index is 10.5. The molecule has 0 fully saturated rings. The second kappa shape index (κ2) is 6.39. The fourth-order valence-electron chi connectivity index (χ4n) is 2.16. The van der Waals surface area contributed by atoms with Crippen LogP contribution >= 0.6 is 0 Å². The number of phenolic OH excluding ortho intramolecular Hbond substituents is 1. The van der Waals surface area contributed by atoms with Crippen molar-refractivity contribution in [2.45, 2.75) is 20.3 Å². The van der Waals surface area contributed by atoms with Crippen molar-refractivity contribution in [2.24, 2.45) is 5.92 Å². The Balaban J connectivity index is 2.40.